The Bertz CT molecular complexity index is 610. The number of likely N-dealkylation sites (tertiary alicyclic amines) is 1. The number of hydrogen-bond donors (Lipinski definition) is 0. The Morgan fingerprint density at radius 2 is 1.96 bits per heavy atom. The first kappa shape index (κ1) is 17.8. The van der Waals surface area contributed by atoms with Gasteiger partial charge in [-0.25, -0.2) is 4.79 Å². The van der Waals surface area contributed by atoms with Gasteiger partial charge in [0.1, 0.15) is 13.2 Å². The highest BCUT2D eigenvalue weighted by Gasteiger charge is 2.33. The van der Waals surface area contributed by atoms with Gasteiger partial charge in [-0.3, -0.25) is 9.88 Å². The van der Waals surface area contributed by atoms with Crippen LogP contribution in [0.4, 0.5) is 4.79 Å². The van der Waals surface area contributed by atoms with E-state index in [-0.39, 0.29) is 12.1 Å². The van der Waals surface area contributed by atoms with E-state index >= 15 is 0 Å². The van der Waals surface area contributed by atoms with Crippen molar-refractivity contribution in [1.82, 2.24) is 9.88 Å². The molecule has 1 saturated heterocycles. The summed E-state index contributed by atoms with van der Waals surface area (Å²) in [6, 6.07) is 2.05. The number of piperidine rings is 1. The Morgan fingerprint density at radius 3 is 2.64 bits per heavy atom. The number of pyridine rings is 1. The number of hydrogen-bond acceptors (Lipinski definition) is 5. The Morgan fingerprint density at radius 1 is 1.28 bits per heavy atom. The zero-order chi connectivity index (χ0) is 17.9. The van der Waals surface area contributed by atoms with E-state index in [1.165, 1.54) is 0 Å². The largest absolute Gasteiger partial charge is 0.486 e. The highest BCUT2D eigenvalue weighted by Crippen LogP contribution is 2.30. The molecule has 1 aromatic heterocycles. The monoisotopic (exact) mass is 350 g/mol. The number of aromatic nitrogens is 1. The maximum atomic E-state index is 12.5. The van der Waals surface area contributed by atoms with Crippen molar-refractivity contribution < 1.29 is 23.5 Å². The molecule has 0 aliphatic carbocycles. The normalized spacial score (nSPS) is 19.3. The van der Waals surface area contributed by atoms with Gasteiger partial charge in [0, 0.05) is 24.9 Å². The smallest absolute Gasteiger partial charge is 0.410 e. The van der Waals surface area contributed by atoms with Crippen LogP contribution in [0.25, 0.3) is 0 Å². The van der Waals surface area contributed by atoms with Gasteiger partial charge in [-0.05, 0) is 6.92 Å². The Labute approximate surface area is 149 Å². The molecule has 0 radical (unpaired) electrons. The van der Waals surface area contributed by atoms with Gasteiger partial charge in [-0.15, -0.1) is 0 Å². The van der Waals surface area contributed by atoms with Gasteiger partial charge in [0.15, 0.2) is 11.5 Å². The second kappa shape index (κ2) is 7.47. The van der Waals surface area contributed by atoms with Crippen LogP contribution in [0.5, 0.6) is 11.5 Å². The summed E-state index contributed by atoms with van der Waals surface area (Å²) in [6.45, 7) is 5.81. The summed E-state index contributed by atoms with van der Waals surface area (Å²) in [6.07, 6.45) is 3.34. The number of ether oxygens (including phenoxy) is 3. The molecule has 0 bridgehead atoms. The maximum Gasteiger partial charge on any atom is 0.410 e. The van der Waals surface area contributed by atoms with E-state index in [9.17, 15) is 4.79 Å². The SMILES string of the molecule is CCOC(=O)N(Cc1cc2c(cn1)OCCO2)C1CC[N+](C)(C)CC1. The predicted molar refractivity (Wildman–Crippen MR) is 92.7 cm³/mol. The molecule has 0 spiro atoms. The van der Waals surface area contributed by atoms with Gasteiger partial charge in [0.25, 0.3) is 0 Å². The van der Waals surface area contributed by atoms with E-state index in [0.29, 0.717) is 37.9 Å². The molecule has 2 aliphatic heterocycles. The van der Waals surface area contributed by atoms with Crippen LogP contribution in [-0.4, -0.2) is 73.5 Å². The first-order valence-electron chi connectivity index (χ1n) is 8.98. The second-order valence-corrected chi connectivity index (χ2v) is 7.26. The lowest BCUT2D eigenvalue weighted by Gasteiger charge is -2.41. The summed E-state index contributed by atoms with van der Waals surface area (Å²) in [4.78, 5) is 18.8. The summed E-state index contributed by atoms with van der Waals surface area (Å²) in [7, 11) is 4.46. The van der Waals surface area contributed by atoms with Gasteiger partial charge < -0.3 is 18.7 Å². The molecule has 0 N–H and O–H groups in total. The fourth-order valence-corrected chi connectivity index (χ4v) is 3.36. The van der Waals surface area contributed by atoms with Gasteiger partial charge >= 0.3 is 6.09 Å². The molecule has 0 unspecified atom stereocenters. The number of carbonyl (C=O) groups excluding carboxylic acids is 1. The number of amides is 1. The standard InChI is InChI=1S/C18H28N3O4/c1-4-23-18(22)20(15-5-7-21(2,3)8-6-15)13-14-11-16-17(12-19-14)25-10-9-24-16/h11-12,15H,4-10,13H2,1-3H3/q+1. The summed E-state index contributed by atoms with van der Waals surface area (Å²) in [5, 5.41) is 0. The molecule has 0 atom stereocenters. The van der Waals surface area contributed by atoms with Crippen molar-refractivity contribution in [2.24, 2.45) is 0 Å². The van der Waals surface area contributed by atoms with Crippen LogP contribution in [-0.2, 0) is 11.3 Å². The van der Waals surface area contributed by atoms with Crippen LogP contribution in [0.1, 0.15) is 25.5 Å². The van der Waals surface area contributed by atoms with E-state index in [1.807, 2.05) is 17.9 Å². The fraction of sp³-hybridized carbons (Fsp3) is 0.667. The molecule has 1 aromatic rings. The Hall–Kier alpha value is -2.02. The minimum atomic E-state index is -0.267. The van der Waals surface area contributed by atoms with Crippen LogP contribution in [0.3, 0.4) is 0 Å². The topological polar surface area (TPSA) is 60.9 Å². The summed E-state index contributed by atoms with van der Waals surface area (Å²) >= 11 is 0. The van der Waals surface area contributed by atoms with Gasteiger partial charge in [-0.2, -0.15) is 0 Å². The number of rotatable bonds is 4. The van der Waals surface area contributed by atoms with Crippen LogP contribution in [0.2, 0.25) is 0 Å². The number of carbonyl (C=O) groups is 1. The number of fused-ring (bicyclic) bond motifs is 1. The molecule has 0 aromatic carbocycles. The van der Waals surface area contributed by atoms with Crippen molar-refractivity contribution >= 4 is 6.09 Å². The summed E-state index contributed by atoms with van der Waals surface area (Å²) in [5.41, 5.74) is 0.789. The third-order valence-corrected chi connectivity index (χ3v) is 4.90. The third-order valence-electron chi connectivity index (χ3n) is 4.90. The van der Waals surface area contributed by atoms with Crippen LogP contribution in [0, 0.1) is 0 Å². The lowest BCUT2D eigenvalue weighted by molar-refractivity contribution is -0.895. The Balaban J connectivity index is 1.74. The fourth-order valence-electron chi connectivity index (χ4n) is 3.36. The summed E-state index contributed by atoms with van der Waals surface area (Å²) < 4.78 is 17.4. The lowest BCUT2D eigenvalue weighted by atomic mass is 10.0. The second-order valence-electron chi connectivity index (χ2n) is 7.26. The molecule has 7 nitrogen and oxygen atoms in total. The van der Waals surface area contributed by atoms with Gasteiger partial charge in [0.2, 0.25) is 0 Å². The molecule has 25 heavy (non-hydrogen) atoms. The molecular formula is C18H28N3O4+. The van der Waals surface area contributed by atoms with E-state index in [1.54, 1.807) is 6.20 Å². The van der Waals surface area contributed by atoms with E-state index in [4.69, 9.17) is 14.2 Å². The first-order valence-corrected chi connectivity index (χ1v) is 8.98. The van der Waals surface area contributed by atoms with E-state index in [2.05, 4.69) is 19.1 Å². The van der Waals surface area contributed by atoms with Gasteiger partial charge in [0.05, 0.1) is 52.2 Å². The van der Waals surface area contributed by atoms with E-state index < -0.39 is 0 Å². The zero-order valence-corrected chi connectivity index (χ0v) is 15.4. The quantitative estimate of drug-likeness (QED) is 0.778. The first-order chi connectivity index (χ1) is 12.0. The van der Waals surface area contributed by atoms with Crippen LogP contribution in [0.15, 0.2) is 12.3 Å². The molecular weight excluding hydrogens is 322 g/mol. The highest BCUT2D eigenvalue weighted by molar-refractivity contribution is 5.68. The minimum absolute atomic E-state index is 0.181. The minimum Gasteiger partial charge on any atom is -0.486 e. The number of quaternary nitrogens is 1. The summed E-state index contributed by atoms with van der Waals surface area (Å²) in [5.74, 6) is 1.36. The van der Waals surface area contributed by atoms with Gasteiger partial charge in [-0.1, -0.05) is 0 Å². The van der Waals surface area contributed by atoms with Crippen molar-refractivity contribution in [1.29, 1.82) is 0 Å². The van der Waals surface area contributed by atoms with Crippen molar-refractivity contribution in [2.75, 3.05) is 47.0 Å². The molecule has 1 amide bonds. The molecule has 3 heterocycles. The third kappa shape index (κ3) is 4.34. The van der Waals surface area contributed by atoms with Crippen LogP contribution >= 0.6 is 0 Å². The number of nitrogens with zero attached hydrogens (tertiary/aromatic N) is 3. The molecule has 0 saturated carbocycles. The van der Waals surface area contributed by atoms with Crippen molar-refractivity contribution in [2.45, 2.75) is 32.4 Å². The molecule has 3 rings (SSSR count). The van der Waals surface area contributed by atoms with Crippen molar-refractivity contribution in [3.05, 3.63) is 18.0 Å². The molecule has 2 aliphatic rings. The average Bonchev–Trinajstić information content (AvgIpc) is 2.60. The highest BCUT2D eigenvalue weighted by atomic mass is 16.6. The average molecular weight is 350 g/mol. The van der Waals surface area contributed by atoms with Crippen LogP contribution < -0.4 is 9.47 Å². The Kier molecular flexibility index (Phi) is 5.32. The molecule has 1 fully saturated rings. The lowest BCUT2D eigenvalue weighted by Crippen LogP contribution is -2.53. The van der Waals surface area contributed by atoms with Crippen molar-refractivity contribution in [3.63, 3.8) is 0 Å². The van der Waals surface area contributed by atoms with E-state index in [0.717, 1.165) is 36.1 Å². The zero-order valence-electron chi connectivity index (χ0n) is 15.4. The molecule has 7 heteroatoms. The molecule has 138 valence electrons. The predicted octanol–water partition coefficient (Wildman–Crippen LogP) is 2.05. The maximum absolute atomic E-state index is 12.5. The van der Waals surface area contributed by atoms with Crippen molar-refractivity contribution in [3.8, 4) is 11.5 Å².